The van der Waals surface area contributed by atoms with Gasteiger partial charge in [0.1, 0.15) is 5.69 Å². The lowest BCUT2D eigenvalue weighted by atomic mass is 10.1. The van der Waals surface area contributed by atoms with Crippen LogP contribution in [0.1, 0.15) is 5.56 Å². The van der Waals surface area contributed by atoms with Gasteiger partial charge in [-0.2, -0.15) is 0 Å². The largest absolute Gasteiger partial charge is 0.481 e. The molecule has 18 heavy (non-hydrogen) atoms. The quantitative estimate of drug-likeness (QED) is 0.887. The summed E-state index contributed by atoms with van der Waals surface area (Å²) in [6.45, 7) is 0. The molecule has 2 aromatic rings. The molecule has 5 nitrogen and oxygen atoms in total. The Bertz CT molecular complexity index is 570. The summed E-state index contributed by atoms with van der Waals surface area (Å²) in [5.41, 5.74) is 2.11. The SMILES string of the molecule is COc1nccnc1-c1cccc(CC(=O)O)c1. The second-order valence-corrected chi connectivity index (χ2v) is 3.69. The molecule has 0 atom stereocenters. The van der Waals surface area contributed by atoms with E-state index in [1.54, 1.807) is 30.6 Å². The van der Waals surface area contributed by atoms with Gasteiger partial charge >= 0.3 is 5.97 Å². The monoisotopic (exact) mass is 244 g/mol. The third kappa shape index (κ3) is 2.63. The molecule has 1 aromatic heterocycles. The molecule has 0 bridgehead atoms. The molecule has 0 aliphatic heterocycles. The Morgan fingerprint density at radius 1 is 1.33 bits per heavy atom. The number of hydrogen-bond donors (Lipinski definition) is 1. The molecule has 0 radical (unpaired) electrons. The first-order chi connectivity index (χ1) is 8.70. The summed E-state index contributed by atoms with van der Waals surface area (Å²) in [7, 11) is 1.52. The van der Waals surface area contributed by atoms with Crippen LogP contribution in [-0.4, -0.2) is 28.2 Å². The number of methoxy groups -OCH3 is 1. The number of ether oxygens (including phenoxy) is 1. The highest BCUT2D eigenvalue weighted by molar-refractivity contribution is 5.72. The van der Waals surface area contributed by atoms with Gasteiger partial charge in [-0.25, -0.2) is 9.97 Å². The molecule has 0 amide bonds. The summed E-state index contributed by atoms with van der Waals surface area (Å²) in [5.74, 6) is -0.441. The number of aromatic nitrogens is 2. The van der Waals surface area contributed by atoms with E-state index < -0.39 is 5.97 Å². The molecule has 1 N–H and O–H groups in total. The number of rotatable bonds is 4. The number of carboxylic acid groups (broad SMARTS) is 1. The first-order valence-corrected chi connectivity index (χ1v) is 5.37. The first kappa shape index (κ1) is 12.0. The molecule has 0 aliphatic carbocycles. The third-order valence-electron chi connectivity index (χ3n) is 2.41. The third-order valence-corrected chi connectivity index (χ3v) is 2.41. The zero-order valence-electron chi connectivity index (χ0n) is 9.83. The van der Waals surface area contributed by atoms with Crippen LogP contribution < -0.4 is 4.74 Å². The van der Waals surface area contributed by atoms with Crippen molar-refractivity contribution in [3.8, 4) is 17.1 Å². The van der Waals surface area contributed by atoms with Crippen molar-refractivity contribution in [3.63, 3.8) is 0 Å². The lowest BCUT2D eigenvalue weighted by Gasteiger charge is -2.06. The van der Waals surface area contributed by atoms with Crippen LogP contribution in [0.3, 0.4) is 0 Å². The molecular formula is C13H12N2O3. The van der Waals surface area contributed by atoms with Crippen LogP contribution in [0.2, 0.25) is 0 Å². The van der Waals surface area contributed by atoms with Crippen LogP contribution in [-0.2, 0) is 11.2 Å². The Morgan fingerprint density at radius 3 is 2.83 bits per heavy atom. The summed E-state index contributed by atoms with van der Waals surface area (Å²) < 4.78 is 5.13. The van der Waals surface area contributed by atoms with Crippen molar-refractivity contribution in [1.82, 2.24) is 9.97 Å². The average Bonchev–Trinajstić information content (AvgIpc) is 2.38. The maximum absolute atomic E-state index is 10.7. The number of aliphatic carboxylic acids is 1. The zero-order valence-corrected chi connectivity index (χ0v) is 9.83. The molecule has 0 fully saturated rings. The number of hydrogen-bond acceptors (Lipinski definition) is 4. The van der Waals surface area contributed by atoms with Gasteiger partial charge in [-0.3, -0.25) is 4.79 Å². The van der Waals surface area contributed by atoms with Crippen molar-refractivity contribution in [1.29, 1.82) is 0 Å². The van der Waals surface area contributed by atoms with Gasteiger partial charge in [-0.05, 0) is 11.6 Å². The Balaban J connectivity index is 2.41. The smallest absolute Gasteiger partial charge is 0.307 e. The van der Waals surface area contributed by atoms with Gasteiger partial charge in [0.25, 0.3) is 0 Å². The molecule has 2 rings (SSSR count). The summed E-state index contributed by atoms with van der Waals surface area (Å²) in [5, 5.41) is 8.78. The highest BCUT2D eigenvalue weighted by Crippen LogP contribution is 2.25. The van der Waals surface area contributed by atoms with Gasteiger partial charge in [-0.1, -0.05) is 18.2 Å². The topological polar surface area (TPSA) is 72.3 Å². The second-order valence-electron chi connectivity index (χ2n) is 3.69. The van der Waals surface area contributed by atoms with Crippen LogP contribution in [0.5, 0.6) is 5.88 Å². The van der Waals surface area contributed by atoms with E-state index in [9.17, 15) is 4.79 Å². The van der Waals surface area contributed by atoms with E-state index in [2.05, 4.69) is 9.97 Å². The van der Waals surface area contributed by atoms with E-state index in [1.165, 1.54) is 7.11 Å². The first-order valence-electron chi connectivity index (χ1n) is 5.37. The predicted molar refractivity (Wildman–Crippen MR) is 65.4 cm³/mol. The Morgan fingerprint density at radius 2 is 2.11 bits per heavy atom. The fourth-order valence-corrected chi connectivity index (χ4v) is 1.68. The molecule has 0 saturated heterocycles. The molecule has 1 heterocycles. The average molecular weight is 244 g/mol. The number of nitrogens with zero attached hydrogens (tertiary/aromatic N) is 2. The van der Waals surface area contributed by atoms with Crippen LogP contribution in [0.25, 0.3) is 11.3 Å². The van der Waals surface area contributed by atoms with Crippen molar-refractivity contribution in [3.05, 3.63) is 42.2 Å². The van der Waals surface area contributed by atoms with Gasteiger partial charge in [0.2, 0.25) is 5.88 Å². The molecule has 5 heteroatoms. The molecule has 0 unspecified atom stereocenters. The summed E-state index contributed by atoms with van der Waals surface area (Å²) in [4.78, 5) is 19.0. The van der Waals surface area contributed by atoms with Gasteiger partial charge < -0.3 is 9.84 Å². The molecular weight excluding hydrogens is 232 g/mol. The van der Waals surface area contributed by atoms with E-state index in [0.29, 0.717) is 17.1 Å². The minimum Gasteiger partial charge on any atom is -0.481 e. The van der Waals surface area contributed by atoms with Gasteiger partial charge in [0.15, 0.2) is 0 Å². The van der Waals surface area contributed by atoms with Gasteiger partial charge in [0.05, 0.1) is 13.5 Å². The second kappa shape index (κ2) is 5.27. The van der Waals surface area contributed by atoms with Gasteiger partial charge in [0, 0.05) is 18.0 Å². The molecule has 0 saturated carbocycles. The summed E-state index contributed by atoms with van der Waals surface area (Å²) in [6.07, 6.45) is 3.10. The van der Waals surface area contributed by atoms with E-state index in [-0.39, 0.29) is 6.42 Å². The van der Waals surface area contributed by atoms with Crippen molar-refractivity contribution in [2.75, 3.05) is 7.11 Å². The number of benzene rings is 1. The van der Waals surface area contributed by atoms with Crippen LogP contribution in [0, 0.1) is 0 Å². The lowest BCUT2D eigenvalue weighted by molar-refractivity contribution is -0.136. The Labute approximate surface area is 104 Å². The standard InChI is InChI=1S/C13H12N2O3/c1-18-13-12(14-5-6-15-13)10-4-2-3-9(7-10)8-11(16)17/h2-7H,8H2,1H3,(H,16,17). The lowest BCUT2D eigenvalue weighted by Crippen LogP contribution is -2.00. The van der Waals surface area contributed by atoms with Crippen LogP contribution in [0.4, 0.5) is 0 Å². The van der Waals surface area contributed by atoms with E-state index in [4.69, 9.17) is 9.84 Å². The van der Waals surface area contributed by atoms with Crippen molar-refractivity contribution in [2.45, 2.75) is 6.42 Å². The fraction of sp³-hybridized carbons (Fsp3) is 0.154. The molecule has 1 aromatic carbocycles. The molecule has 0 spiro atoms. The maximum atomic E-state index is 10.7. The highest BCUT2D eigenvalue weighted by Gasteiger charge is 2.09. The van der Waals surface area contributed by atoms with Crippen molar-refractivity contribution >= 4 is 5.97 Å². The minimum absolute atomic E-state index is 0.0174. The summed E-state index contributed by atoms with van der Waals surface area (Å²) in [6, 6.07) is 7.18. The van der Waals surface area contributed by atoms with Crippen LogP contribution in [0.15, 0.2) is 36.7 Å². The zero-order chi connectivity index (χ0) is 13.0. The van der Waals surface area contributed by atoms with Gasteiger partial charge in [-0.15, -0.1) is 0 Å². The molecule has 92 valence electrons. The van der Waals surface area contributed by atoms with E-state index in [0.717, 1.165) is 5.56 Å². The number of carbonyl (C=O) groups is 1. The number of carboxylic acids is 1. The normalized spacial score (nSPS) is 10.1. The van der Waals surface area contributed by atoms with Crippen LogP contribution >= 0.6 is 0 Å². The van der Waals surface area contributed by atoms with Crippen molar-refractivity contribution < 1.29 is 14.6 Å². The van der Waals surface area contributed by atoms with E-state index >= 15 is 0 Å². The Hall–Kier alpha value is -2.43. The molecule has 0 aliphatic rings. The minimum atomic E-state index is -0.863. The fourth-order valence-electron chi connectivity index (χ4n) is 1.68. The van der Waals surface area contributed by atoms with E-state index in [1.807, 2.05) is 6.07 Å². The highest BCUT2D eigenvalue weighted by atomic mass is 16.5. The Kier molecular flexibility index (Phi) is 3.52. The predicted octanol–water partition coefficient (Wildman–Crippen LogP) is 1.78. The van der Waals surface area contributed by atoms with Crippen molar-refractivity contribution in [2.24, 2.45) is 0 Å². The summed E-state index contributed by atoms with van der Waals surface area (Å²) >= 11 is 0. The maximum Gasteiger partial charge on any atom is 0.307 e.